The first kappa shape index (κ1) is 16.6. The van der Waals surface area contributed by atoms with Gasteiger partial charge in [0.05, 0.1) is 29.5 Å². The summed E-state index contributed by atoms with van der Waals surface area (Å²) in [5.41, 5.74) is -0.447. The zero-order valence-corrected chi connectivity index (χ0v) is 13.9. The van der Waals surface area contributed by atoms with Crippen LogP contribution < -0.4 is 5.56 Å². The maximum absolute atomic E-state index is 12.5. The van der Waals surface area contributed by atoms with E-state index in [9.17, 15) is 14.7 Å². The molecule has 1 aliphatic carbocycles. The zero-order valence-electron chi connectivity index (χ0n) is 13.9. The number of hydrogen-bond donors (Lipinski definition) is 2. The molecule has 0 unspecified atom stereocenters. The minimum atomic E-state index is -0.866. The van der Waals surface area contributed by atoms with Gasteiger partial charge in [0.2, 0.25) is 5.91 Å². The lowest BCUT2D eigenvalue weighted by Gasteiger charge is -2.26. The molecule has 6 heteroatoms. The van der Waals surface area contributed by atoms with Gasteiger partial charge in [-0.25, -0.2) is 4.98 Å². The van der Waals surface area contributed by atoms with E-state index in [-0.39, 0.29) is 24.4 Å². The number of H-pyrrole nitrogens is 1. The molecule has 0 bridgehead atoms. The Balaban J connectivity index is 1.77. The van der Waals surface area contributed by atoms with Gasteiger partial charge in [-0.2, -0.15) is 0 Å². The van der Waals surface area contributed by atoms with Gasteiger partial charge in [-0.05, 0) is 31.9 Å². The number of carbonyl (C=O) groups excluding carboxylic acids is 1. The van der Waals surface area contributed by atoms with Crippen LogP contribution in [0.4, 0.5) is 0 Å². The Hall–Kier alpha value is -2.21. The third kappa shape index (κ3) is 3.48. The number of nitrogens with one attached hydrogen (secondary N) is 1. The number of hydrogen-bond acceptors (Lipinski definition) is 4. The van der Waals surface area contributed by atoms with Crippen LogP contribution in [0.5, 0.6) is 0 Å². The molecule has 2 N–H and O–H groups in total. The van der Waals surface area contributed by atoms with Gasteiger partial charge < -0.3 is 15.0 Å². The Labute approximate surface area is 140 Å². The van der Waals surface area contributed by atoms with Crippen molar-refractivity contribution in [2.24, 2.45) is 0 Å². The summed E-state index contributed by atoms with van der Waals surface area (Å²) in [5, 5.41) is 11.0. The fraction of sp³-hybridized carbons (Fsp3) is 0.500. The molecule has 6 nitrogen and oxygen atoms in total. The molecule has 0 atom stereocenters. The van der Waals surface area contributed by atoms with Crippen molar-refractivity contribution < 1.29 is 9.90 Å². The molecule has 1 saturated carbocycles. The Bertz CT molecular complexity index is 793. The van der Waals surface area contributed by atoms with Gasteiger partial charge in [-0.15, -0.1) is 0 Å². The second-order valence-electron chi connectivity index (χ2n) is 6.55. The quantitative estimate of drug-likeness (QED) is 0.878. The number of aromatic nitrogens is 2. The van der Waals surface area contributed by atoms with Crippen LogP contribution >= 0.6 is 0 Å². The lowest BCUT2D eigenvalue weighted by molar-refractivity contribution is -0.136. The summed E-state index contributed by atoms with van der Waals surface area (Å²) < 4.78 is 0. The summed E-state index contributed by atoms with van der Waals surface area (Å²) in [6, 6.07) is 7.14. The Morgan fingerprint density at radius 2 is 2.04 bits per heavy atom. The number of rotatable bonds is 5. The third-order valence-electron chi connectivity index (χ3n) is 4.75. The van der Waals surface area contributed by atoms with Crippen molar-refractivity contribution in [1.82, 2.24) is 14.9 Å². The number of para-hydroxylation sites is 1. The molecule has 1 fully saturated rings. The molecular weight excluding hydrogens is 306 g/mol. The average Bonchev–Trinajstić information content (AvgIpc) is 2.98. The van der Waals surface area contributed by atoms with Crippen molar-refractivity contribution in [1.29, 1.82) is 0 Å². The normalized spacial score (nSPS) is 16.4. The molecule has 0 aliphatic heterocycles. The predicted molar refractivity (Wildman–Crippen MR) is 91.5 cm³/mol. The van der Waals surface area contributed by atoms with E-state index < -0.39 is 5.60 Å². The monoisotopic (exact) mass is 329 g/mol. The van der Waals surface area contributed by atoms with Gasteiger partial charge in [0.25, 0.3) is 5.56 Å². The van der Waals surface area contributed by atoms with Gasteiger partial charge in [0.1, 0.15) is 5.82 Å². The van der Waals surface area contributed by atoms with Crippen LogP contribution in [0, 0.1) is 0 Å². The molecule has 1 amide bonds. The molecule has 128 valence electrons. The molecule has 24 heavy (non-hydrogen) atoms. The highest BCUT2D eigenvalue weighted by Crippen LogP contribution is 2.32. The van der Waals surface area contributed by atoms with E-state index >= 15 is 0 Å². The van der Waals surface area contributed by atoms with E-state index in [1.54, 1.807) is 23.1 Å². The van der Waals surface area contributed by atoms with Crippen molar-refractivity contribution in [2.75, 3.05) is 6.54 Å². The van der Waals surface area contributed by atoms with Crippen LogP contribution in [-0.2, 0) is 11.3 Å². The van der Waals surface area contributed by atoms with E-state index in [0.717, 1.165) is 12.8 Å². The van der Waals surface area contributed by atoms with Crippen molar-refractivity contribution in [2.45, 2.75) is 51.2 Å². The van der Waals surface area contributed by atoms with Gasteiger partial charge in [0, 0.05) is 6.54 Å². The molecule has 0 radical (unpaired) electrons. The lowest BCUT2D eigenvalue weighted by Crippen LogP contribution is -2.38. The molecule has 1 aliphatic rings. The zero-order chi connectivity index (χ0) is 17.2. The van der Waals surface area contributed by atoms with Crippen LogP contribution in [-0.4, -0.2) is 38.0 Å². The number of nitrogens with zero attached hydrogens (tertiary/aromatic N) is 2. The first-order valence-electron chi connectivity index (χ1n) is 8.49. The number of aliphatic hydroxyl groups is 1. The predicted octanol–water partition coefficient (Wildman–Crippen LogP) is 1.97. The van der Waals surface area contributed by atoms with Crippen LogP contribution in [0.3, 0.4) is 0 Å². The van der Waals surface area contributed by atoms with Crippen LogP contribution in [0.1, 0.15) is 44.9 Å². The fourth-order valence-corrected chi connectivity index (χ4v) is 3.37. The minimum absolute atomic E-state index is 0.0993. The highest BCUT2D eigenvalue weighted by atomic mass is 16.3. The van der Waals surface area contributed by atoms with Crippen molar-refractivity contribution in [3.8, 4) is 0 Å². The van der Waals surface area contributed by atoms with Gasteiger partial charge in [0.15, 0.2) is 0 Å². The maximum Gasteiger partial charge on any atom is 0.258 e. The fourth-order valence-electron chi connectivity index (χ4n) is 3.37. The van der Waals surface area contributed by atoms with E-state index in [1.807, 2.05) is 13.0 Å². The molecule has 1 aromatic heterocycles. The second kappa shape index (κ2) is 6.73. The molecule has 0 spiro atoms. The van der Waals surface area contributed by atoms with Crippen LogP contribution in [0.15, 0.2) is 29.1 Å². The highest BCUT2D eigenvalue weighted by Gasteiger charge is 2.34. The number of carbonyl (C=O) groups is 1. The molecule has 3 rings (SSSR count). The standard InChI is InChI=1S/C18H23N3O3/c1-2-21(16(22)11-18(24)9-5-6-10-18)12-15-19-14-8-4-3-7-13(14)17(23)20-15/h3-4,7-8,24H,2,5-6,9-12H2,1H3,(H,19,20,23). The molecule has 2 aromatic rings. The van der Waals surface area contributed by atoms with Crippen molar-refractivity contribution in [3.63, 3.8) is 0 Å². The maximum atomic E-state index is 12.5. The van der Waals surface area contributed by atoms with E-state index in [2.05, 4.69) is 9.97 Å². The summed E-state index contributed by atoms with van der Waals surface area (Å²) in [7, 11) is 0. The van der Waals surface area contributed by atoms with E-state index in [0.29, 0.717) is 36.1 Å². The number of amides is 1. The molecule has 0 saturated heterocycles. The summed E-state index contributed by atoms with van der Waals surface area (Å²) >= 11 is 0. The summed E-state index contributed by atoms with van der Waals surface area (Å²) in [4.78, 5) is 33.5. The average molecular weight is 329 g/mol. The second-order valence-corrected chi connectivity index (χ2v) is 6.55. The van der Waals surface area contributed by atoms with Crippen molar-refractivity contribution in [3.05, 3.63) is 40.4 Å². The third-order valence-corrected chi connectivity index (χ3v) is 4.75. The number of fused-ring (bicyclic) bond motifs is 1. The Morgan fingerprint density at radius 3 is 2.75 bits per heavy atom. The summed E-state index contributed by atoms with van der Waals surface area (Å²) in [5.74, 6) is 0.366. The van der Waals surface area contributed by atoms with Gasteiger partial charge in [-0.3, -0.25) is 9.59 Å². The topological polar surface area (TPSA) is 86.3 Å². The molecular formula is C18H23N3O3. The van der Waals surface area contributed by atoms with Gasteiger partial charge in [-0.1, -0.05) is 25.0 Å². The largest absolute Gasteiger partial charge is 0.389 e. The summed E-state index contributed by atoms with van der Waals surface area (Å²) in [6.07, 6.45) is 3.44. The first-order valence-corrected chi connectivity index (χ1v) is 8.49. The van der Waals surface area contributed by atoms with E-state index in [1.165, 1.54) is 0 Å². The first-order chi connectivity index (χ1) is 11.5. The van der Waals surface area contributed by atoms with E-state index in [4.69, 9.17) is 0 Å². The number of aromatic amines is 1. The van der Waals surface area contributed by atoms with Crippen molar-refractivity contribution >= 4 is 16.8 Å². The molecule has 1 heterocycles. The van der Waals surface area contributed by atoms with Crippen LogP contribution in [0.2, 0.25) is 0 Å². The summed E-state index contributed by atoms with van der Waals surface area (Å²) in [6.45, 7) is 2.63. The molecule has 1 aromatic carbocycles. The Kier molecular flexibility index (Phi) is 4.66. The Morgan fingerprint density at radius 1 is 1.33 bits per heavy atom. The highest BCUT2D eigenvalue weighted by molar-refractivity contribution is 5.78. The van der Waals surface area contributed by atoms with Crippen LogP contribution in [0.25, 0.3) is 10.9 Å². The smallest absolute Gasteiger partial charge is 0.258 e. The lowest BCUT2D eigenvalue weighted by atomic mass is 9.97. The number of benzene rings is 1. The van der Waals surface area contributed by atoms with Gasteiger partial charge >= 0.3 is 0 Å². The minimum Gasteiger partial charge on any atom is -0.389 e. The SMILES string of the molecule is CCN(Cc1nc2ccccc2c(=O)[nH]1)C(=O)CC1(O)CCCC1.